The maximum atomic E-state index is 10.8. The van der Waals surface area contributed by atoms with Gasteiger partial charge in [-0.05, 0) is 31.0 Å². The molecule has 2 atom stereocenters. The third kappa shape index (κ3) is 4.22. The molecule has 1 aliphatic heterocycles. The van der Waals surface area contributed by atoms with Crippen molar-refractivity contribution in [3.63, 3.8) is 0 Å². The molecule has 0 fully saturated rings. The van der Waals surface area contributed by atoms with E-state index >= 15 is 0 Å². The maximum absolute atomic E-state index is 10.8. The van der Waals surface area contributed by atoms with Gasteiger partial charge in [-0.2, -0.15) is 10.6 Å². The van der Waals surface area contributed by atoms with Gasteiger partial charge in [0, 0.05) is 30.2 Å². The van der Waals surface area contributed by atoms with Crippen LogP contribution in [0.4, 0.5) is 11.5 Å². The summed E-state index contributed by atoms with van der Waals surface area (Å²) in [6, 6.07) is 15.3. The first-order valence-corrected chi connectivity index (χ1v) is 12.1. The van der Waals surface area contributed by atoms with E-state index in [4.69, 9.17) is 4.98 Å². The van der Waals surface area contributed by atoms with Gasteiger partial charge >= 0.3 is 0 Å². The average molecular weight is 444 g/mol. The molecule has 0 bridgehead atoms. The van der Waals surface area contributed by atoms with E-state index in [1.165, 1.54) is 0 Å². The molecule has 4 rings (SSSR count). The average Bonchev–Trinajstić information content (AvgIpc) is 2.87. The lowest BCUT2D eigenvalue weighted by atomic mass is 10.1. The molecule has 0 amide bonds. The lowest BCUT2D eigenvalue weighted by Crippen LogP contribution is -2.29. The second kappa shape index (κ2) is 8.64. The second-order valence-corrected chi connectivity index (χ2v) is 10.2. The van der Waals surface area contributed by atoms with Crippen LogP contribution in [0.25, 0.3) is 10.9 Å². The number of nitrogens with one attached hydrogen (secondary N) is 1. The minimum absolute atomic E-state index is 0.102. The quantitative estimate of drug-likeness (QED) is 0.405. The fourth-order valence-electron chi connectivity index (χ4n) is 4.10. The topological polar surface area (TPSA) is 109 Å². The van der Waals surface area contributed by atoms with Gasteiger partial charge in [0.05, 0.1) is 34.9 Å². The van der Waals surface area contributed by atoms with Gasteiger partial charge in [-0.25, -0.2) is 4.98 Å². The molecule has 7 nitrogen and oxygen atoms in total. The highest BCUT2D eigenvalue weighted by atomic mass is 32.3. The number of hydrogen-bond acceptors (Lipinski definition) is 7. The van der Waals surface area contributed by atoms with Crippen molar-refractivity contribution in [3.8, 4) is 0 Å². The lowest BCUT2D eigenvalue weighted by Gasteiger charge is -2.32. The largest absolute Gasteiger partial charge is 0.394 e. The van der Waals surface area contributed by atoms with E-state index in [2.05, 4.69) is 10.2 Å². The molecule has 2 unspecified atom stereocenters. The molecule has 2 heterocycles. The molecule has 0 spiro atoms. The molecule has 0 aliphatic carbocycles. The van der Waals surface area contributed by atoms with Crippen molar-refractivity contribution >= 4 is 33.0 Å². The zero-order valence-corrected chi connectivity index (χ0v) is 18.5. The summed E-state index contributed by atoms with van der Waals surface area (Å²) in [6.07, 6.45) is -0.867. The Hall–Kier alpha value is -2.36. The number of aryl methyl sites for hydroxylation is 1. The van der Waals surface area contributed by atoms with E-state index in [9.17, 15) is 19.3 Å². The van der Waals surface area contributed by atoms with Gasteiger partial charge in [-0.3, -0.25) is 9.11 Å². The first-order valence-electron chi connectivity index (χ1n) is 10.4. The molecular weight excluding hydrogens is 414 g/mol. The molecule has 166 valence electrons. The van der Waals surface area contributed by atoms with Crippen LogP contribution in [0, 0.1) is 6.92 Å². The van der Waals surface area contributed by atoms with E-state index in [1.54, 1.807) is 6.07 Å². The molecule has 0 saturated carbocycles. The summed E-state index contributed by atoms with van der Waals surface area (Å²) < 4.78 is 21.5. The van der Waals surface area contributed by atoms with E-state index in [0.29, 0.717) is 11.4 Å². The zero-order valence-electron chi connectivity index (χ0n) is 17.7. The molecule has 5 N–H and O–H groups in total. The van der Waals surface area contributed by atoms with E-state index in [1.807, 2.05) is 56.3 Å². The minimum atomic E-state index is -2.88. The SMILES string of the molecule is Cc1cccc2c(NCC(O)CO)cc(N3CCS(O)(O)c4ccccc4C3C)nc12. The number of nitrogens with zero attached hydrogens (tertiary/aromatic N) is 2. The smallest absolute Gasteiger partial charge is 0.131 e. The van der Waals surface area contributed by atoms with Crippen molar-refractivity contribution in [2.75, 3.05) is 35.7 Å². The van der Waals surface area contributed by atoms with Crippen LogP contribution in [0.5, 0.6) is 0 Å². The molecule has 3 aromatic rings. The summed E-state index contributed by atoms with van der Waals surface area (Å²) in [5, 5.41) is 23.2. The third-order valence-electron chi connectivity index (χ3n) is 5.87. The normalized spacial score (nSPS) is 20.1. The number of hydrogen-bond donors (Lipinski definition) is 5. The summed E-state index contributed by atoms with van der Waals surface area (Å²) in [7, 11) is -2.88. The standard InChI is InChI=1S/C23H29N3O4S/c1-15-6-5-8-19-20(24-13-17(28)14-27)12-22(25-23(15)19)26-10-11-31(29,30)21-9-4-3-7-18(21)16(26)2/h3-9,12,16-17,27-30H,10-11,13-14H2,1-2H3,(H,24,25). The monoisotopic (exact) mass is 443 g/mol. The Morgan fingerprint density at radius 2 is 1.97 bits per heavy atom. The summed E-state index contributed by atoms with van der Waals surface area (Å²) in [6.45, 7) is 4.39. The Balaban J connectivity index is 1.81. The Morgan fingerprint density at radius 1 is 1.19 bits per heavy atom. The van der Waals surface area contributed by atoms with E-state index in [-0.39, 0.29) is 24.9 Å². The number of para-hydroxylation sites is 1. The number of aliphatic hydroxyl groups excluding tert-OH is 2. The summed E-state index contributed by atoms with van der Waals surface area (Å²) in [5.41, 5.74) is 3.57. The summed E-state index contributed by atoms with van der Waals surface area (Å²) in [5.74, 6) is 0.954. The van der Waals surface area contributed by atoms with Crippen molar-refractivity contribution in [2.45, 2.75) is 30.9 Å². The highest BCUT2D eigenvalue weighted by Gasteiger charge is 2.31. The van der Waals surface area contributed by atoms with Crippen LogP contribution in [0.15, 0.2) is 53.4 Å². The molecule has 2 aromatic carbocycles. The number of anilines is 2. The number of fused-ring (bicyclic) bond motifs is 2. The van der Waals surface area contributed by atoms with Crippen molar-refractivity contribution in [1.82, 2.24) is 4.98 Å². The van der Waals surface area contributed by atoms with Gasteiger partial charge in [0.1, 0.15) is 5.82 Å². The predicted molar refractivity (Wildman–Crippen MR) is 126 cm³/mol. The van der Waals surface area contributed by atoms with E-state index in [0.717, 1.165) is 33.5 Å². The van der Waals surface area contributed by atoms with Crippen LogP contribution in [0.2, 0.25) is 0 Å². The summed E-state index contributed by atoms with van der Waals surface area (Å²) in [4.78, 5) is 7.64. The molecule has 8 heteroatoms. The molecule has 0 radical (unpaired) electrons. The van der Waals surface area contributed by atoms with Crippen LogP contribution in [0.3, 0.4) is 0 Å². The van der Waals surface area contributed by atoms with E-state index < -0.39 is 16.7 Å². The summed E-state index contributed by atoms with van der Waals surface area (Å²) >= 11 is 0. The van der Waals surface area contributed by atoms with Crippen molar-refractivity contribution < 1.29 is 19.3 Å². The number of aliphatic hydroxyl groups is 2. The van der Waals surface area contributed by atoms with Crippen LogP contribution in [-0.4, -0.2) is 55.9 Å². The van der Waals surface area contributed by atoms with Crippen LogP contribution >= 0.6 is 10.6 Å². The Labute approximate surface area is 183 Å². The number of pyridine rings is 1. The van der Waals surface area contributed by atoms with Gasteiger partial charge in [0.15, 0.2) is 0 Å². The Kier molecular flexibility index (Phi) is 6.09. The van der Waals surface area contributed by atoms with Crippen LogP contribution in [-0.2, 0) is 0 Å². The molecule has 1 aliphatic rings. The first kappa shape index (κ1) is 21.9. The second-order valence-electron chi connectivity index (χ2n) is 7.99. The van der Waals surface area contributed by atoms with Crippen LogP contribution < -0.4 is 10.2 Å². The van der Waals surface area contributed by atoms with Crippen molar-refractivity contribution in [3.05, 3.63) is 59.7 Å². The van der Waals surface area contributed by atoms with Gasteiger partial charge in [-0.15, -0.1) is 0 Å². The molecule has 1 aromatic heterocycles. The van der Waals surface area contributed by atoms with Gasteiger partial charge < -0.3 is 20.4 Å². The number of rotatable bonds is 5. The molecular formula is C23H29N3O4S. The number of aromatic nitrogens is 1. The Morgan fingerprint density at radius 3 is 2.74 bits per heavy atom. The van der Waals surface area contributed by atoms with Gasteiger partial charge in [-0.1, -0.05) is 36.4 Å². The predicted octanol–water partition coefficient (Wildman–Crippen LogP) is 4.00. The minimum Gasteiger partial charge on any atom is -0.394 e. The van der Waals surface area contributed by atoms with Crippen LogP contribution in [0.1, 0.15) is 24.1 Å². The van der Waals surface area contributed by atoms with Crippen molar-refractivity contribution in [1.29, 1.82) is 0 Å². The van der Waals surface area contributed by atoms with Gasteiger partial charge in [0.2, 0.25) is 0 Å². The fraction of sp³-hybridized carbons (Fsp3) is 0.348. The van der Waals surface area contributed by atoms with Crippen molar-refractivity contribution in [2.24, 2.45) is 0 Å². The maximum Gasteiger partial charge on any atom is 0.131 e. The van der Waals surface area contributed by atoms with Gasteiger partial charge in [0.25, 0.3) is 0 Å². The Bertz CT molecular complexity index is 1090. The number of benzene rings is 2. The zero-order chi connectivity index (χ0) is 22.2. The first-order chi connectivity index (χ1) is 14.8. The molecule has 31 heavy (non-hydrogen) atoms. The fourth-order valence-corrected chi connectivity index (χ4v) is 5.68. The highest BCUT2D eigenvalue weighted by Crippen LogP contribution is 2.53. The third-order valence-corrected chi connectivity index (χ3v) is 7.69. The molecule has 0 saturated heterocycles. The highest BCUT2D eigenvalue weighted by molar-refractivity contribution is 8.24. The lowest BCUT2D eigenvalue weighted by molar-refractivity contribution is 0.105.